The molecule has 0 aromatic heterocycles. The quantitative estimate of drug-likeness (QED) is 0.261. The molecular formula is C35H49F3O3. The molecule has 0 saturated heterocycles. The van der Waals surface area contributed by atoms with Gasteiger partial charge in [0, 0.05) is 6.42 Å². The second kappa shape index (κ2) is 11.0. The highest BCUT2D eigenvalue weighted by Crippen LogP contribution is 2.68. The van der Waals surface area contributed by atoms with Gasteiger partial charge in [-0.3, -0.25) is 0 Å². The number of carbonyl (C=O) groups is 1. The fraction of sp³-hybridized carbons (Fsp3) is 0.743. The molecule has 9 atom stereocenters. The Kier molecular flexibility index (Phi) is 8.24. The highest BCUT2D eigenvalue weighted by atomic mass is 19.4. The van der Waals surface area contributed by atoms with E-state index in [0.29, 0.717) is 41.6 Å². The highest BCUT2D eigenvalue weighted by molar-refractivity contribution is 5.89. The van der Waals surface area contributed by atoms with Crippen LogP contribution in [0.4, 0.5) is 13.2 Å². The monoisotopic (exact) mass is 574 g/mol. The number of aliphatic hydroxyl groups is 1. The van der Waals surface area contributed by atoms with Crippen LogP contribution in [0.3, 0.4) is 0 Å². The largest absolute Gasteiger partial charge is 0.459 e. The van der Waals surface area contributed by atoms with Gasteiger partial charge in [-0.15, -0.1) is 0 Å². The van der Waals surface area contributed by atoms with Gasteiger partial charge in [-0.1, -0.05) is 64.5 Å². The van der Waals surface area contributed by atoms with E-state index in [4.69, 9.17) is 4.74 Å². The predicted molar refractivity (Wildman–Crippen MR) is 155 cm³/mol. The lowest BCUT2D eigenvalue weighted by Gasteiger charge is -2.59. The summed E-state index contributed by atoms with van der Waals surface area (Å²) in [5, 5.41) is 10.5. The van der Waals surface area contributed by atoms with Crippen LogP contribution in [0.25, 0.3) is 0 Å². The van der Waals surface area contributed by atoms with Crippen LogP contribution in [0.1, 0.15) is 109 Å². The molecule has 6 heteroatoms. The number of alkyl halides is 3. The molecule has 0 heterocycles. The van der Waals surface area contributed by atoms with Gasteiger partial charge in [0.15, 0.2) is 5.60 Å². The maximum atomic E-state index is 13.7. The van der Waals surface area contributed by atoms with Gasteiger partial charge in [0.2, 0.25) is 0 Å². The first kappa shape index (κ1) is 30.6. The Bertz CT molecular complexity index is 1130. The minimum atomic E-state index is -4.58. The molecule has 1 aromatic carbocycles. The van der Waals surface area contributed by atoms with E-state index >= 15 is 0 Å². The summed E-state index contributed by atoms with van der Waals surface area (Å²) in [6.45, 7) is 11.3. The molecule has 0 aliphatic heterocycles. The lowest BCUT2D eigenvalue weighted by Crippen LogP contribution is -2.55. The number of fused-ring (bicyclic) bond motifs is 5. The number of esters is 1. The van der Waals surface area contributed by atoms with Crippen LogP contribution in [0.5, 0.6) is 0 Å². The second-order valence-corrected chi connectivity index (χ2v) is 14.8. The van der Waals surface area contributed by atoms with Crippen LogP contribution in [-0.2, 0) is 4.74 Å². The van der Waals surface area contributed by atoms with Crippen molar-refractivity contribution < 1.29 is 27.8 Å². The van der Waals surface area contributed by atoms with Crippen molar-refractivity contribution in [3.8, 4) is 0 Å². The molecule has 0 spiro atoms. The smallest absolute Gasteiger partial charge is 0.417 e. The lowest BCUT2D eigenvalue weighted by atomic mass is 9.46. The van der Waals surface area contributed by atoms with E-state index in [-0.39, 0.29) is 41.7 Å². The first-order valence-electron chi connectivity index (χ1n) is 15.9. The zero-order valence-corrected chi connectivity index (χ0v) is 25.5. The predicted octanol–water partition coefficient (Wildman–Crippen LogP) is 9.16. The Morgan fingerprint density at radius 1 is 1.00 bits per heavy atom. The molecule has 228 valence electrons. The van der Waals surface area contributed by atoms with E-state index in [1.54, 1.807) is 12.1 Å². The Balaban J connectivity index is 1.25. The summed E-state index contributed by atoms with van der Waals surface area (Å²) < 4.78 is 47.0. The molecule has 3 saturated carbocycles. The fourth-order valence-corrected chi connectivity index (χ4v) is 9.80. The minimum absolute atomic E-state index is 0.116. The van der Waals surface area contributed by atoms with Crippen LogP contribution in [0.15, 0.2) is 42.0 Å². The average molecular weight is 575 g/mol. The molecule has 3 nitrogen and oxygen atoms in total. The van der Waals surface area contributed by atoms with Crippen molar-refractivity contribution in [2.75, 3.05) is 0 Å². The molecule has 1 N–H and O–H groups in total. The third-order valence-corrected chi connectivity index (χ3v) is 12.4. The number of halogens is 3. The third kappa shape index (κ3) is 5.40. The van der Waals surface area contributed by atoms with Crippen LogP contribution in [-0.4, -0.2) is 29.0 Å². The van der Waals surface area contributed by atoms with Crippen molar-refractivity contribution in [1.29, 1.82) is 0 Å². The molecule has 0 bridgehead atoms. The van der Waals surface area contributed by atoms with Crippen molar-refractivity contribution in [3.05, 3.63) is 47.5 Å². The summed E-state index contributed by atoms with van der Waals surface area (Å²) in [7, 11) is 0. The van der Waals surface area contributed by atoms with Crippen LogP contribution < -0.4 is 0 Å². The van der Waals surface area contributed by atoms with Gasteiger partial charge in [0.25, 0.3) is 0 Å². The summed E-state index contributed by atoms with van der Waals surface area (Å²) in [6, 6.07) is 9.20. The summed E-state index contributed by atoms with van der Waals surface area (Å²) in [4.78, 5) is 12.7. The molecule has 0 radical (unpaired) electrons. The Labute approximate surface area is 244 Å². The molecule has 5 rings (SSSR count). The summed E-state index contributed by atoms with van der Waals surface area (Å²) in [6.07, 6.45) is 4.63. The summed E-state index contributed by atoms with van der Waals surface area (Å²) in [5.74, 6) is 2.60. The Morgan fingerprint density at radius 3 is 2.37 bits per heavy atom. The van der Waals surface area contributed by atoms with Gasteiger partial charge >= 0.3 is 12.1 Å². The molecule has 0 unspecified atom stereocenters. The number of allylic oxidation sites excluding steroid dienone is 1. The van der Waals surface area contributed by atoms with Crippen molar-refractivity contribution in [3.63, 3.8) is 0 Å². The number of benzene rings is 1. The van der Waals surface area contributed by atoms with Crippen molar-refractivity contribution in [1.82, 2.24) is 0 Å². The van der Waals surface area contributed by atoms with Crippen LogP contribution >= 0.6 is 0 Å². The number of hydrogen-bond acceptors (Lipinski definition) is 3. The number of hydrogen-bond donors (Lipinski definition) is 1. The lowest BCUT2D eigenvalue weighted by molar-refractivity contribution is -0.271. The van der Waals surface area contributed by atoms with Crippen LogP contribution in [0.2, 0.25) is 0 Å². The maximum absolute atomic E-state index is 13.7. The Hall–Kier alpha value is -1.82. The van der Waals surface area contributed by atoms with E-state index in [2.05, 4.69) is 40.7 Å². The van der Waals surface area contributed by atoms with Gasteiger partial charge in [-0.25, -0.2) is 4.79 Å². The topological polar surface area (TPSA) is 46.5 Å². The maximum Gasteiger partial charge on any atom is 0.417 e. The first-order chi connectivity index (χ1) is 19.2. The van der Waals surface area contributed by atoms with Gasteiger partial charge in [-0.2, -0.15) is 13.2 Å². The van der Waals surface area contributed by atoms with Crippen LogP contribution in [0, 0.1) is 46.3 Å². The second-order valence-electron chi connectivity index (χ2n) is 14.8. The molecule has 41 heavy (non-hydrogen) atoms. The zero-order valence-electron chi connectivity index (χ0n) is 25.5. The average Bonchev–Trinajstić information content (AvgIpc) is 3.28. The molecular weight excluding hydrogens is 525 g/mol. The van der Waals surface area contributed by atoms with Crippen molar-refractivity contribution >= 4 is 5.97 Å². The highest BCUT2D eigenvalue weighted by Gasteiger charge is 2.63. The van der Waals surface area contributed by atoms with E-state index in [9.17, 15) is 23.1 Å². The van der Waals surface area contributed by atoms with E-state index in [0.717, 1.165) is 37.7 Å². The molecule has 0 amide bonds. The SMILES string of the molecule is CC(C)[C@@H](CC[C@@H](C)[C@H]1CC[C@H]2[C@@H]3CC=C4C[C@](O)(C(F)(F)F)CC[C@]4(C)[C@H]3CC[C@]12C)OC(=O)c1ccccc1. The number of carbonyl (C=O) groups excluding carboxylic acids is 1. The third-order valence-electron chi connectivity index (χ3n) is 12.4. The number of ether oxygens (including phenoxy) is 1. The molecule has 4 aliphatic carbocycles. The van der Waals surface area contributed by atoms with Gasteiger partial charge in [-0.05, 0) is 116 Å². The zero-order chi connectivity index (χ0) is 29.8. The van der Waals surface area contributed by atoms with E-state index in [1.807, 2.05) is 18.2 Å². The van der Waals surface area contributed by atoms with E-state index in [1.165, 1.54) is 12.8 Å². The van der Waals surface area contributed by atoms with Gasteiger partial charge < -0.3 is 9.84 Å². The number of rotatable bonds is 7. The van der Waals surface area contributed by atoms with Gasteiger partial charge in [0.1, 0.15) is 6.10 Å². The summed E-state index contributed by atoms with van der Waals surface area (Å²) in [5.41, 5.74) is -1.14. The normalized spacial score (nSPS) is 38.3. The Morgan fingerprint density at radius 2 is 1.71 bits per heavy atom. The summed E-state index contributed by atoms with van der Waals surface area (Å²) >= 11 is 0. The minimum Gasteiger partial charge on any atom is -0.459 e. The standard InChI is InChI=1S/C35H49F3O3/c1-22(2)30(41-31(39)24-9-7-6-8-10-24)16-11-23(3)27-14-15-28-26-13-12-25-21-34(40,35(36,37)38)20-19-32(25,4)29(26)17-18-33(27,28)5/h6-10,12,22-23,26-30,40H,11,13-21H2,1-5H3/t23-,26+,27-,28+,29+,30-,32+,33-,34+/m1/s1. The fourth-order valence-electron chi connectivity index (χ4n) is 9.80. The van der Waals surface area contributed by atoms with E-state index < -0.39 is 11.8 Å². The van der Waals surface area contributed by atoms with Crippen molar-refractivity contribution in [2.24, 2.45) is 46.3 Å². The molecule has 4 aliphatic rings. The molecule has 1 aromatic rings. The first-order valence-corrected chi connectivity index (χ1v) is 15.9. The van der Waals surface area contributed by atoms with Crippen molar-refractivity contribution in [2.45, 2.75) is 117 Å². The molecule has 3 fully saturated rings. The van der Waals surface area contributed by atoms with Gasteiger partial charge in [0.05, 0.1) is 5.56 Å².